The van der Waals surface area contributed by atoms with Crippen molar-refractivity contribution in [2.24, 2.45) is 0 Å². The average Bonchev–Trinajstić information content (AvgIpc) is 2.72. The highest BCUT2D eigenvalue weighted by Gasteiger charge is 2.19. The zero-order chi connectivity index (χ0) is 21.7. The summed E-state index contributed by atoms with van der Waals surface area (Å²) in [7, 11) is 0. The van der Waals surface area contributed by atoms with Gasteiger partial charge in [-0.25, -0.2) is 4.98 Å². The van der Waals surface area contributed by atoms with E-state index < -0.39 is 5.25 Å². The van der Waals surface area contributed by atoms with Gasteiger partial charge in [0.15, 0.2) is 5.16 Å². The maximum atomic E-state index is 12.8. The Labute approximate surface area is 178 Å². The van der Waals surface area contributed by atoms with Gasteiger partial charge in [0, 0.05) is 24.8 Å². The van der Waals surface area contributed by atoms with Crippen molar-refractivity contribution in [2.75, 3.05) is 10.6 Å². The SMILES string of the molecule is C=CCn1c(SC(C)C(=O)Nc2ccc(NC(C)=O)cc2)nc2ccccc2c1=O. The van der Waals surface area contributed by atoms with E-state index in [9.17, 15) is 14.4 Å². The Kier molecular flexibility index (Phi) is 6.68. The molecule has 0 aliphatic rings. The number of nitrogens with zero attached hydrogens (tertiary/aromatic N) is 2. The third-order valence-corrected chi connectivity index (χ3v) is 5.35. The van der Waals surface area contributed by atoms with E-state index in [2.05, 4.69) is 22.2 Å². The predicted octanol–water partition coefficient (Wildman–Crippen LogP) is 3.66. The van der Waals surface area contributed by atoms with Gasteiger partial charge in [-0.1, -0.05) is 30.0 Å². The van der Waals surface area contributed by atoms with Gasteiger partial charge in [-0.15, -0.1) is 6.58 Å². The monoisotopic (exact) mass is 422 g/mol. The van der Waals surface area contributed by atoms with E-state index in [0.29, 0.717) is 34.0 Å². The molecule has 8 heteroatoms. The molecule has 1 heterocycles. The molecule has 0 aliphatic heterocycles. The molecule has 0 aliphatic carbocycles. The Morgan fingerprint density at radius 2 is 1.77 bits per heavy atom. The fourth-order valence-electron chi connectivity index (χ4n) is 2.82. The number of rotatable bonds is 7. The van der Waals surface area contributed by atoms with Crippen LogP contribution in [0.1, 0.15) is 13.8 Å². The minimum atomic E-state index is -0.496. The second kappa shape index (κ2) is 9.41. The Morgan fingerprint density at radius 1 is 1.13 bits per heavy atom. The number of anilines is 2. The van der Waals surface area contributed by atoms with Gasteiger partial charge < -0.3 is 10.6 Å². The standard InChI is InChI=1S/C22H22N4O3S/c1-4-13-26-21(29)18-7-5-6-8-19(18)25-22(26)30-14(2)20(28)24-17-11-9-16(10-12-17)23-15(3)27/h4-12,14H,1,13H2,2-3H3,(H,23,27)(H,24,28). The number of hydrogen-bond acceptors (Lipinski definition) is 5. The summed E-state index contributed by atoms with van der Waals surface area (Å²) < 4.78 is 1.52. The maximum Gasteiger partial charge on any atom is 0.262 e. The summed E-state index contributed by atoms with van der Waals surface area (Å²) >= 11 is 1.21. The fraction of sp³-hybridized carbons (Fsp3) is 0.182. The molecule has 1 atom stereocenters. The van der Waals surface area contributed by atoms with Gasteiger partial charge >= 0.3 is 0 Å². The summed E-state index contributed by atoms with van der Waals surface area (Å²) in [5.41, 5.74) is 1.68. The lowest BCUT2D eigenvalue weighted by molar-refractivity contribution is -0.115. The number of thioether (sulfide) groups is 1. The Hall–Kier alpha value is -3.39. The van der Waals surface area contributed by atoms with Crippen LogP contribution in [-0.2, 0) is 16.1 Å². The molecule has 154 valence electrons. The largest absolute Gasteiger partial charge is 0.326 e. The first-order valence-electron chi connectivity index (χ1n) is 9.34. The third kappa shape index (κ3) is 4.96. The maximum absolute atomic E-state index is 12.8. The van der Waals surface area contributed by atoms with E-state index in [1.807, 2.05) is 6.07 Å². The Balaban J connectivity index is 1.78. The van der Waals surface area contributed by atoms with Crippen molar-refractivity contribution >= 4 is 45.9 Å². The number of nitrogens with one attached hydrogen (secondary N) is 2. The van der Waals surface area contributed by atoms with E-state index in [-0.39, 0.29) is 17.4 Å². The highest BCUT2D eigenvalue weighted by molar-refractivity contribution is 8.00. The van der Waals surface area contributed by atoms with Crippen LogP contribution in [0.25, 0.3) is 10.9 Å². The first kappa shape index (κ1) is 21.3. The molecule has 2 N–H and O–H groups in total. The van der Waals surface area contributed by atoms with Gasteiger partial charge in [0.2, 0.25) is 11.8 Å². The number of benzene rings is 2. The Bertz CT molecular complexity index is 1160. The van der Waals surface area contributed by atoms with E-state index in [1.165, 1.54) is 23.3 Å². The number of carbonyl (C=O) groups excluding carboxylic acids is 2. The molecule has 2 amide bonds. The summed E-state index contributed by atoms with van der Waals surface area (Å²) in [6, 6.07) is 14.0. The third-order valence-electron chi connectivity index (χ3n) is 4.26. The molecule has 0 bridgehead atoms. The molecule has 2 aromatic carbocycles. The lowest BCUT2D eigenvalue weighted by Crippen LogP contribution is -2.26. The second-order valence-electron chi connectivity index (χ2n) is 6.62. The van der Waals surface area contributed by atoms with Gasteiger partial charge in [-0.2, -0.15) is 0 Å². The topological polar surface area (TPSA) is 93.1 Å². The quantitative estimate of drug-likeness (QED) is 0.344. The normalized spacial score (nSPS) is 11.7. The summed E-state index contributed by atoms with van der Waals surface area (Å²) in [6.45, 7) is 7.20. The number of allylic oxidation sites excluding steroid dienone is 1. The molecule has 0 saturated carbocycles. The molecule has 0 radical (unpaired) electrons. The van der Waals surface area contributed by atoms with Crippen molar-refractivity contribution < 1.29 is 9.59 Å². The summed E-state index contributed by atoms with van der Waals surface area (Å²) in [4.78, 5) is 41.2. The first-order valence-corrected chi connectivity index (χ1v) is 10.2. The lowest BCUT2D eigenvalue weighted by Gasteiger charge is -2.15. The minimum Gasteiger partial charge on any atom is -0.326 e. The number of fused-ring (bicyclic) bond motifs is 1. The van der Waals surface area contributed by atoms with Crippen molar-refractivity contribution in [2.45, 2.75) is 30.8 Å². The number of amides is 2. The van der Waals surface area contributed by atoms with Gasteiger partial charge in [0.25, 0.3) is 5.56 Å². The molecule has 0 saturated heterocycles. The molecule has 7 nitrogen and oxygen atoms in total. The summed E-state index contributed by atoms with van der Waals surface area (Å²) in [5.74, 6) is -0.384. The molecular weight excluding hydrogens is 400 g/mol. The average molecular weight is 423 g/mol. The lowest BCUT2D eigenvalue weighted by atomic mass is 10.2. The molecule has 0 spiro atoms. The van der Waals surface area contributed by atoms with Crippen molar-refractivity contribution in [1.82, 2.24) is 9.55 Å². The first-order chi connectivity index (χ1) is 14.4. The number of aromatic nitrogens is 2. The molecule has 30 heavy (non-hydrogen) atoms. The summed E-state index contributed by atoms with van der Waals surface area (Å²) in [5, 5.41) is 6.00. The highest BCUT2D eigenvalue weighted by Crippen LogP contribution is 2.24. The number of hydrogen-bond donors (Lipinski definition) is 2. The van der Waals surface area contributed by atoms with Crippen molar-refractivity contribution in [3.63, 3.8) is 0 Å². The van der Waals surface area contributed by atoms with Gasteiger partial charge in [-0.3, -0.25) is 19.0 Å². The second-order valence-corrected chi connectivity index (χ2v) is 7.93. The van der Waals surface area contributed by atoms with Crippen LogP contribution in [0.5, 0.6) is 0 Å². The van der Waals surface area contributed by atoms with Crippen LogP contribution in [0.4, 0.5) is 11.4 Å². The van der Waals surface area contributed by atoms with Crippen LogP contribution in [0.2, 0.25) is 0 Å². The van der Waals surface area contributed by atoms with Gasteiger partial charge in [-0.05, 0) is 43.3 Å². The fourth-order valence-corrected chi connectivity index (χ4v) is 3.74. The van der Waals surface area contributed by atoms with Gasteiger partial charge in [0.1, 0.15) is 0 Å². The van der Waals surface area contributed by atoms with E-state index in [0.717, 1.165) is 0 Å². The number of carbonyl (C=O) groups is 2. The molecule has 1 aromatic heterocycles. The van der Waals surface area contributed by atoms with Crippen LogP contribution >= 0.6 is 11.8 Å². The summed E-state index contributed by atoms with van der Waals surface area (Å²) in [6.07, 6.45) is 1.63. The Morgan fingerprint density at radius 3 is 2.40 bits per heavy atom. The highest BCUT2D eigenvalue weighted by atomic mass is 32.2. The predicted molar refractivity (Wildman–Crippen MR) is 121 cm³/mol. The van der Waals surface area contributed by atoms with Crippen LogP contribution in [0.3, 0.4) is 0 Å². The minimum absolute atomic E-state index is 0.162. The van der Waals surface area contributed by atoms with E-state index in [1.54, 1.807) is 55.5 Å². The van der Waals surface area contributed by atoms with Crippen LogP contribution in [0.15, 0.2) is 71.1 Å². The number of para-hydroxylation sites is 1. The van der Waals surface area contributed by atoms with Crippen molar-refractivity contribution in [1.29, 1.82) is 0 Å². The molecule has 1 unspecified atom stereocenters. The molecular formula is C22H22N4O3S. The van der Waals surface area contributed by atoms with Crippen molar-refractivity contribution in [3.8, 4) is 0 Å². The van der Waals surface area contributed by atoms with E-state index in [4.69, 9.17) is 0 Å². The van der Waals surface area contributed by atoms with Gasteiger partial charge in [0.05, 0.1) is 16.2 Å². The van der Waals surface area contributed by atoms with Crippen LogP contribution in [-0.4, -0.2) is 26.6 Å². The smallest absolute Gasteiger partial charge is 0.262 e. The van der Waals surface area contributed by atoms with Crippen LogP contribution in [0, 0.1) is 0 Å². The van der Waals surface area contributed by atoms with Crippen LogP contribution < -0.4 is 16.2 Å². The van der Waals surface area contributed by atoms with Crippen molar-refractivity contribution in [3.05, 3.63) is 71.5 Å². The zero-order valence-electron chi connectivity index (χ0n) is 16.7. The van der Waals surface area contributed by atoms with E-state index >= 15 is 0 Å². The molecule has 0 fully saturated rings. The zero-order valence-corrected chi connectivity index (χ0v) is 17.5. The molecule has 3 rings (SSSR count). The molecule has 3 aromatic rings.